The van der Waals surface area contributed by atoms with E-state index < -0.39 is 4.92 Å². The first-order chi connectivity index (χ1) is 9.16. The van der Waals surface area contributed by atoms with E-state index in [1.807, 2.05) is 30.3 Å². The summed E-state index contributed by atoms with van der Waals surface area (Å²) in [4.78, 5) is 10.1. The third-order valence-electron chi connectivity index (χ3n) is 2.95. The van der Waals surface area contributed by atoms with Crippen molar-refractivity contribution < 1.29 is 14.4 Å². The SMILES string of the molecule is O=[N+]([O-])c1cc2occ(-c3ccccc3)c2cc1O. The number of rotatable bonds is 2. The Kier molecular flexibility index (Phi) is 2.45. The molecule has 0 amide bonds. The van der Waals surface area contributed by atoms with Gasteiger partial charge in [0.25, 0.3) is 0 Å². The fraction of sp³-hybridized carbons (Fsp3) is 0. The van der Waals surface area contributed by atoms with Gasteiger partial charge in [-0.25, -0.2) is 0 Å². The van der Waals surface area contributed by atoms with Crippen molar-refractivity contribution in [3.8, 4) is 16.9 Å². The maximum Gasteiger partial charge on any atom is 0.314 e. The van der Waals surface area contributed by atoms with Gasteiger partial charge >= 0.3 is 5.69 Å². The Labute approximate surface area is 107 Å². The second kappa shape index (κ2) is 4.13. The van der Waals surface area contributed by atoms with Gasteiger partial charge in [-0.05, 0) is 11.6 Å². The van der Waals surface area contributed by atoms with Crippen molar-refractivity contribution in [2.75, 3.05) is 0 Å². The van der Waals surface area contributed by atoms with Gasteiger partial charge in [-0.15, -0.1) is 0 Å². The number of hydrogen-bond acceptors (Lipinski definition) is 4. The minimum absolute atomic E-state index is 0.360. The normalized spacial score (nSPS) is 10.7. The smallest absolute Gasteiger partial charge is 0.314 e. The van der Waals surface area contributed by atoms with Crippen molar-refractivity contribution in [2.45, 2.75) is 0 Å². The summed E-state index contributed by atoms with van der Waals surface area (Å²) in [6.45, 7) is 0. The predicted molar refractivity (Wildman–Crippen MR) is 70.0 cm³/mol. The van der Waals surface area contributed by atoms with Crippen LogP contribution >= 0.6 is 0 Å². The van der Waals surface area contributed by atoms with Gasteiger partial charge in [-0.1, -0.05) is 30.3 Å². The number of phenolic OH excluding ortho intramolecular Hbond substituents is 1. The Morgan fingerprint density at radius 3 is 2.58 bits per heavy atom. The van der Waals surface area contributed by atoms with E-state index in [0.29, 0.717) is 11.0 Å². The van der Waals surface area contributed by atoms with E-state index in [1.54, 1.807) is 0 Å². The molecule has 5 nitrogen and oxygen atoms in total. The third kappa shape index (κ3) is 1.81. The molecule has 0 fully saturated rings. The molecular formula is C14H9NO4. The topological polar surface area (TPSA) is 76.5 Å². The average Bonchev–Trinajstić information content (AvgIpc) is 2.81. The zero-order chi connectivity index (χ0) is 13.4. The molecule has 5 heteroatoms. The molecule has 0 spiro atoms. The maximum atomic E-state index is 10.7. The number of benzene rings is 2. The molecule has 0 bridgehead atoms. The molecule has 0 aliphatic carbocycles. The summed E-state index contributed by atoms with van der Waals surface area (Å²) in [7, 11) is 0. The number of phenols is 1. The number of nitrogens with zero attached hydrogens (tertiary/aromatic N) is 1. The fourth-order valence-corrected chi connectivity index (χ4v) is 2.04. The molecule has 0 aliphatic rings. The van der Waals surface area contributed by atoms with E-state index in [9.17, 15) is 15.2 Å². The van der Waals surface area contributed by atoms with Gasteiger partial charge in [-0.3, -0.25) is 10.1 Å². The van der Waals surface area contributed by atoms with Crippen LogP contribution in [-0.4, -0.2) is 10.0 Å². The van der Waals surface area contributed by atoms with Gasteiger partial charge < -0.3 is 9.52 Å². The number of hydrogen-bond donors (Lipinski definition) is 1. The molecule has 1 N–H and O–H groups in total. The van der Waals surface area contributed by atoms with Crippen LogP contribution in [0.1, 0.15) is 0 Å². The Bertz CT molecular complexity index is 762. The third-order valence-corrected chi connectivity index (χ3v) is 2.95. The molecule has 0 aliphatic heterocycles. The van der Waals surface area contributed by atoms with Gasteiger partial charge in [0.15, 0.2) is 5.75 Å². The first-order valence-electron chi connectivity index (χ1n) is 5.61. The van der Waals surface area contributed by atoms with Gasteiger partial charge in [0, 0.05) is 10.9 Å². The first kappa shape index (κ1) is 11.3. The van der Waals surface area contributed by atoms with Gasteiger partial charge in [-0.2, -0.15) is 0 Å². The lowest BCUT2D eigenvalue weighted by atomic mass is 10.0. The minimum Gasteiger partial charge on any atom is -0.502 e. The summed E-state index contributed by atoms with van der Waals surface area (Å²) in [6, 6.07) is 12.1. The highest BCUT2D eigenvalue weighted by Gasteiger charge is 2.18. The second-order valence-electron chi connectivity index (χ2n) is 4.11. The second-order valence-corrected chi connectivity index (χ2v) is 4.11. The van der Waals surface area contributed by atoms with Gasteiger partial charge in [0.2, 0.25) is 0 Å². The van der Waals surface area contributed by atoms with E-state index in [1.165, 1.54) is 18.4 Å². The minimum atomic E-state index is -0.639. The van der Waals surface area contributed by atoms with Crippen LogP contribution < -0.4 is 0 Å². The van der Waals surface area contributed by atoms with Crippen molar-refractivity contribution in [1.82, 2.24) is 0 Å². The lowest BCUT2D eigenvalue weighted by molar-refractivity contribution is -0.385. The summed E-state index contributed by atoms with van der Waals surface area (Å²) in [6.07, 6.45) is 1.53. The standard InChI is InChI=1S/C14H9NO4/c16-13-6-10-11(9-4-2-1-3-5-9)8-19-14(10)7-12(13)15(17)18/h1-8,16H. The molecule has 0 atom stereocenters. The van der Waals surface area contributed by atoms with E-state index in [2.05, 4.69) is 0 Å². The molecule has 0 radical (unpaired) electrons. The van der Waals surface area contributed by atoms with Crippen LogP contribution in [0.25, 0.3) is 22.1 Å². The fourth-order valence-electron chi connectivity index (χ4n) is 2.04. The van der Waals surface area contributed by atoms with Crippen LogP contribution in [0.2, 0.25) is 0 Å². The lowest BCUT2D eigenvalue weighted by Crippen LogP contribution is -1.88. The maximum absolute atomic E-state index is 10.7. The summed E-state index contributed by atoms with van der Waals surface area (Å²) < 4.78 is 5.33. The molecule has 19 heavy (non-hydrogen) atoms. The van der Waals surface area contributed by atoms with E-state index in [4.69, 9.17) is 4.42 Å². The first-order valence-corrected chi connectivity index (χ1v) is 5.61. The van der Waals surface area contributed by atoms with Gasteiger partial charge in [0.1, 0.15) is 5.58 Å². The number of furan rings is 1. The van der Waals surface area contributed by atoms with Crippen LogP contribution in [0.15, 0.2) is 53.1 Å². The quantitative estimate of drug-likeness (QED) is 0.559. The molecular weight excluding hydrogens is 246 g/mol. The molecule has 3 rings (SSSR count). The Balaban J connectivity index is 2.25. The van der Waals surface area contributed by atoms with Crippen molar-refractivity contribution in [2.24, 2.45) is 0 Å². The summed E-state index contributed by atoms with van der Waals surface area (Å²) in [5.41, 5.74) is 1.74. The van der Waals surface area contributed by atoms with E-state index >= 15 is 0 Å². The van der Waals surface area contributed by atoms with Crippen LogP contribution in [0.5, 0.6) is 5.75 Å². The molecule has 0 unspecified atom stereocenters. The zero-order valence-electron chi connectivity index (χ0n) is 9.74. The van der Waals surface area contributed by atoms with Crippen molar-refractivity contribution in [1.29, 1.82) is 0 Å². The number of aromatic hydroxyl groups is 1. The highest BCUT2D eigenvalue weighted by atomic mass is 16.6. The Hall–Kier alpha value is -2.82. The van der Waals surface area contributed by atoms with E-state index in [-0.39, 0.29) is 11.4 Å². The van der Waals surface area contributed by atoms with E-state index in [0.717, 1.165) is 11.1 Å². The molecule has 1 aromatic heterocycles. The summed E-state index contributed by atoms with van der Waals surface area (Å²) >= 11 is 0. The average molecular weight is 255 g/mol. The lowest BCUT2D eigenvalue weighted by Gasteiger charge is -1.99. The van der Waals surface area contributed by atoms with Crippen molar-refractivity contribution >= 4 is 16.7 Å². The van der Waals surface area contributed by atoms with Crippen molar-refractivity contribution in [3.05, 3.63) is 58.8 Å². The highest BCUT2D eigenvalue weighted by Crippen LogP contribution is 2.37. The zero-order valence-corrected chi connectivity index (χ0v) is 9.74. The largest absolute Gasteiger partial charge is 0.502 e. The summed E-state index contributed by atoms with van der Waals surface area (Å²) in [5, 5.41) is 21.1. The monoisotopic (exact) mass is 255 g/mol. The molecule has 94 valence electrons. The highest BCUT2D eigenvalue weighted by molar-refractivity contribution is 5.96. The Morgan fingerprint density at radius 1 is 1.16 bits per heavy atom. The van der Waals surface area contributed by atoms with Crippen molar-refractivity contribution in [3.63, 3.8) is 0 Å². The van der Waals surface area contributed by atoms with Crippen LogP contribution in [-0.2, 0) is 0 Å². The molecule has 0 saturated carbocycles. The number of fused-ring (bicyclic) bond motifs is 1. The van der Waals surface area contributed by atoms with Crippen LogP contribution in [0.4, 0.5) is 5.69 Å². The molecule has 3 aromatic rings. The predicted octanol–water partition coefficient (Wildman–Crippen LogP) is 3.71. The molecule has 2 aromatic carbocycles. The number of nitro groups is 1. The van der Waals surface area contributed by atoms with Crippen LogP contribution in [0, 0.1) is 10.1 Å². The molecule has 0 saturated heterocycles. The summed E-state index contributed by atoms with van der Waals surface area (Å²) in [5.74, 6) is -0.365. The van der Waals surface area contributed by atoms with Gasteiger partial charge in [0.05, 0.1) is 17.3 Å². The Morgan fingerprint density at radius 2 is 1.89 bits per heavy atom. The van der Waals surface area contributed by atoms with Crippen LogP contribution in [0.3, 0.4) is 0 Å². The molecule has 1 heterocycles. The number of nitro benzene ring substituents is 1.